The van der Waals surface area contributed by atoms with E-state index in [1.165, 1.54) is 24.3 Å². The Labute approximate surface area is 158 Å². The van der Waals surface area contributed by atoms with E-state index in [2.05, 4.69) is 6.07 Å². The Balaban J connectivity index is 1.66. The molecule has 0 aliphatic rings. The summed E-state index contributed by atoms with van der Waals surface area (Å²) < 4.78 is 23.8. The van der Waals surface area contributed by atoms with Gasteiger partial charge in [-0.1, -0.05) is 18.2 Å². The van der Waals surface area contributed by atoms with E-state index in [1.807, 2.05) is 30.3 Å². The van der Waals surface area contributed by atoms with E-state index in [9.17, 15) is 9.18 Å². The van der Waals surface area contributed by atoms with Gasteiger partial charge in [0.2, 0.25) is 0 Å². The molecule has 3 rings (SSSR count). The van der Waals surface area contributed by atoms with Crippen LogP contribution in [0, 0.1) is 5.82 Å². The molecule has 1 amide bonds. The second kappa shape index (κ2) is 8.08. The lowest BCUT2D eigenvalue weighted by atomic mass is 10.1. The molecule has 0 fully saturated rings. The highest BCUT2D eigenvalue weighted by atomic mass is 19.1. The van der Waals surface area contributed by atoms with Crippen molar-refractivity contribution >= 4 is 16.7 Å². The van der Waals surface area contributed by atoms with Crippen LogP contribution in [-0.4, -0.2) is 31.1 Å². The number of halogens is 1. The van der Waals surface area contributed by atoms with Crippen molar-refractivity contribution < 1.29 is 18.7 Å². The Kier molecular flexibility index (Phi) is 5.60. The number of rotatable bonds is 6. The van der Waals surface area contributed by atoms with Crippen LogP contribution in [0.25, 0.3) is 10.8 Å². The number of likely N-dealkylation sites (N-methyl/N-ethyl adjacent to an activating group) is 1. The molecule has 0 bridgehead atoms. The molecule has 0 aromatic heterocycles. The molecule has 0 saturated heterocycles. The number of hydrogen-bond acceptors (Lipinski definition) is 3. The van der Waals surface area contributed by atoms with Crippen LogP contribution in [0.3, 0.4) is 0 Å². The Hall–Kier alpha value is -3.08. The van der Waals surface area contributed by atoms with Crippen LogP contribution in [0.1, 0.15) is 12.5 Å². The number of fused-ring (bicyclic) bond motifs is 1. The number of nitrogens with zero attached hydrogens (tertiary/aromatic N) is 1. The van der Waals surface area contributed by atoms with E-state index in [0.29, 0.717) is 12.3 Å². The van der Waals surface area contributed by atoms with Gasteiger partial charge in [-0.15, -0.1) is 0 Å². The molecule has 0 heterocycles. The van der Waals surface area contributed by atoms with Crippen LogP contribution in [-0.2, 0) is 11.3 Å². The molecule has 5 heteroatoms. The van der Waals surface area contributed by atoms with E-state index in [1.54, 1.807) is 26.0 Å². The lowest BCUT2D eigenvalue weighted by Crippen LogP contribution is -2.37. The number of carbonyl (C=O) groups is 1. The summed E-state index contributed by atoms with van der Waals surface area (Å²) >= 11 is 0. The van der Waals surface area contributed by atoms with Gasteiger partial charge < -0.3 is 14.4 Å². The van der Waals surface area contributed by atoms with E-state index in [4.69, 9.17) is 9.47 Å². The lowest BCUT2D eigenvalue weighted by Gasteiger charge is -2.22. The van der Waals surface area contributed by atoms with Gasteiger partial charge in [-0.25, -0.2) is 4.39 Å². The predicted molar refractivity (Wildman–Crippen MR) is 103 cm³/mol. The van der Waals surface area contributed by atoms with E-state index in [-0.39, 0.29) is 11.7 Å². The summed E-state index contributed by atoms with van der Waals surface area (Å²) in [5.74, 6) is 0.793. The zero-order valence-electron chi connectivity index (χ0n) is 15.6. The molecule has 0 radical (unpaired) electrons. The smallest absolute Gasteiger partial charge is 0.263 e. The molecule has 0 aliphatic heterocycles. The SMILES string of the molecule is COc1ccc2cc(CN(C)C(=O)C(C)Oc3ccc(F)cc3)ccc2c1. The third kappa shape index (κ3) is 4.56. The van der Waals surface area contributed by atoms with Gasteiger partial charge in [-0.3, -0.25) is 4.79 Å². The fraction of sp³-hybridized carbons (Fsp3) is 0.227. The summed E-state index contributed by atoms with van der Waals surface area (Å²) in [6.45, 7) is 2.16. The molecule has 1 unspecified atom stereocenters. The van der Waals surface area contributed by atoms with Crippen LogP contribution in [0.4, 0.5) is 4.39 Å². The minimum Gasteiger partial charge on any atom is -0.497 e. The minimum atomic E-state index is -0.662. The van der Waals surface area contributed by atoms with Crippen molar-refractivity contribution in [1.82, 2.24) is 4.90 Å². The molecule has 0 spiro atoms. The number of methoxy groups -OCH3 is 1. The van der Waals surface area contributed by atoms with Crippen LogP contribution in [0.15, 0.2) is 60.7 Å². The Morgan fingerprint density at radius 1 is 1.00 bits per heavy atom. The topological polar surface area (TPSA) is 38.8 Å². The van der Waals surface area contributed by atoms with Crippen LogP contribution < -0.4 is 9.47 Å². The maximum Gasteiger partial charge on any atom is 0.263 e. The molecular formula is C22H22FNO3. The van der Waals surface area contributed by atoms with Crippen LogP contribution >= 0.6 is 0 Å². The summed E-state index contributed by atoms with van der Waals surface area (Å²) in [6.07, 6.45) is -0.662. The van der Waals surface area contributed by atoms with Gasteiger partial charge in [-0.2, -0.15) is 0 Å². The summed E-state index contributed by atoms with van der Waals surface area (Å²) in [6, 6.07) is 17.6. The highest BCUT2D eigenvalue weighted by Gasteiger charge is 2.19. The molecule has 1 atom stereocenters. The predicted octanol–water partition coefficient (Wildman–Crippen LogP) is 4.41. The Bertz CT molecular complexity index is 940. The number of ether oxygens (including phenoxy) is 2. The van der Waals surface area contributed by atoms with Crippen molar-refractivity contribution in [1.29, 1.82) is 0 Å². The normalized spacial score (nSPS) is 11.9. The van der Waals surface area contributed by atoms with Crippen LogP contribution in [0.5, 0.6) is 11.5 Å². The van der Waals surface area contributed by atoms with Crippen molar-refractivity contribution in [2.24, 2.45) is 0 Å². The van der Waals surface area contributed by atoms with Crippen molar-refractivity contribution in [2.45, 2.75) is 19.6 Å². The fourth-order valence-electron chi connectivity index (χ4n) is 2.93. The van der Waals surface area contributed by atoms with E-state index in [0.717, 1.165) is 22.1 Å². The first-order chi connectivity index (χ1) is 13.0. The van der Waals surface area contributed by atoms with E-state index < -0.39 is 6.10 Å². The highest BCUT2D eigenvalue weighted by Crippen LogP contribution is 2.22. The lowest BCUT2D eigenvalue weighted by molar-refractivity contribution is -0.137. The average Bonchev–Trinajstić information content (AvgIpc) is 2.68. The van der Waals surface area contributed by atoms with Gasteiger partial charge >= 0.3 is 0 Å². The molecule has 3 aromatic rings. The van der Waals surface area contributed by atoms with Gasteiger partial charge in [0.25, 0.3) is 5.91 Å². The summed E-state index contributed by atoms with van der Waals surface area (Å²) in [7, 11) is 3.39. The van der Waals surface area contributed by atoms with Gasteiger partial charge in [0.1, 0.15) is 17.3 Å². The van der Waals surface area contributed by atoms with E-state index >= 15 is 0 Å². The molecular weight excluding hydrogens is 345 g/mol. The summed E-state index contributed by atoms with van der Waals surface area (Å²) in [5, 5.41) is 2.17. The van der Waals surface area contributed by atoms with Crippen molar-refractivity contribution in [3.63, 3.8) is 0 Å². The monoisotopic (exact) mass is 367 g/mol. The maximum atomic E-state index is 13.0. The first kappa shape index (κ1) is 18.7. The Morgan fingerprint density at radius 3 is 2.33 bits per heavy atom. The third-order valence-corrected chi connectivity index (χ3v) is 4.38. The zero-order chi connectivity index (χ0) is 19.4. The quantitative estimate of drug-likeness (QED) is 0.648. The molecule has 0 aliphatic carbocycles. The van der Waals surface area contributed by atoms with Gasteiger partial charge in [-0.05, 0) is 65.7 Å². The fourth-order valence-corrected chi connectivity index (χ4v) is 2.93. The van der Waals surface area contributed by atoms with Gasteiger partial charge in [0.15, 0.2) is 6.10 Å². The zero-order valence-corrected chi connectivity index (χ0v) is 15.6. The van der Waals surface area contributed by atoms with Gasteiger partial charge in [0, 0.05) is 13.6 Å². The number of carbonyl (C=O) groups excluding carboxylic acids is 1. The molecule has 0 saturated carbocycles. The molecule has 27 heavy (non-hydrogen) atoms. The van der Waals surface area contributed by atoms with Crippen molar-refractivity contribution in [2.75, 3.05) is 14.2 Å². The van der Waals surface area contributed by atoms with Gasteiger partial charge in [0.05, 0.1) is 7.11 Å². The second-order valence-corrected chi connectivity index (χ2v) is 6.46. The summed E-state index contributed by atoms with van der Waals surface area (Å²) in [5.41, 5.74) is 1.03. The average molecular weight is 367 g/mol. The molecule has 0 N–H and O–H groups in total. The number of amides is 1. The second-order valence-electron chi connectivity index (χ2n) is 6.46. The van der Waals surface area contributed by atoms with Crippen LogP contribution in [0.2, 0.25) is 0 Å². The molecule has 140 valence electrons. The van der Waals surface area contributed by atoms with Crippen molar-refractivity contribution in [3.05, 3.63) is 72.0 Å². The first-order valence-corrected chi connectivity index (χ1v) is 8.70. The first-order valence-electron chi connectivity index (χ1n) is 8.70. The molecule has 4 nitrogen and oxygen atoms in total. The third-order valence-electron chi connectivity index (χ3n) is 4.38. The highest BCUT2D eigenvalue weighted by molar-refractivity contribution is 5.85. The molecule has 3 aromatic carbocycles. The minimum absolute atomic E-state index is 0.144. The number of hydrogen-bond donors (Lipinski definition) is 0. The number of benzene rings is 3. The van der Waals surface area contributed by atoms with Crippen molar-refractivity contribution in [3.8, 4) is 11.5 Å². The largest absolute Gasteiger partial charge is 0.497 e. The standard InChI is InChI=1S/C22H22FNO3/c1-15(27-20-10-7-19(23)8-11-20)22(25)24(2)14-16-4-5-18-13-21(26-3)9-6-17(18)12-16/h4-13,15H,14H2,1-3H3. The summed E-state index contributed by atoms with van der Waals surface area (Å²) in [4.78, 5) is 14.2. The Morgan fingerprint density at radius 2 is 1.63 bits per heavy atom. The maximum absolute atomic E-state index is 13.0.